The summed E-state index contributed by atoms with van der Waals surface area (Å²) in [6.45, 7) is 2.10. The van der Waals surface area contributed by atoms with E-state index in [0.717, 1.165) is 5.56 Å². The average molecular weight is 277 g/mol. The Hall–Kier alpha value is -2.00. The molecule has 0 aromatic heterocycles. The predicted octanol–water partition coefficient (Wildman–Crippen LogP) is 3.93. The maximum absolute atomic E-state index is 11.2. The molecule has 0 aliphatic heterocycles. The van der Waals surface area contributed by atoms with Crippen LogP contribution in [0.25, 0.3) is 0 Å². The van der Waals surface area contributed by atoms with Crippen molar-refractivity contribution in [2.75, 3.05) is 0 Å². The predicted molar refractivity (Wildman–Crippen MR) is 73.9 cm³/mol. The minimum Gasteiger partial charge on any atom is -0.488 e. The molecule has 0 saturated carbocycles. The van der Waals surface area contributed by atoms with Crippen molar-refractivity contribution in [3.05, 3.63) is 64.2 Å². The average Bonchev–Trinajstić information content (AvgIpc) is 2.38. The highest BCUT2D eigenvalue weighted by molar-refractivity contribution is 6.31. The number of hydrogen-bond donors (Lipinski definition) is 1. The van der Waals surface area contributed by atoms with Gasteiger partial charge in [-0.1, -0.05) is 41.9 Å². The van der Waals surface area contributed by atoms with Gasteiger partial charge in [-0.2, -0.15) is 0 Å². The number of carboxylic acids is 1. The third kappa shape index (κ3) is 3.26. The normalized spacial score (nSPS) is 10.2. The van der Waals surface area contributed by atoms with E-state index in [1.807, 2.05) is 30.3 Å². The van der Waals surface area contributed by atoms with Crippen molar-refractivity contribution < 1.29 is 14.6 Å². The number of aryl methyl sites for hydroxylation is 1. The molecule has 2 aromatic carbocycles. The second kappa shape index (κ2) is 5.76. The zero-order valence-corrected chi connectivity index (χ0v) is 11.1. The van der Waals surface area contributed by atoms with Gasteiger partial charge in [0.2, 0.25) is 0 Å². The second-order valence-electron chi connectivity index (χ2n) is 4.18. The van der Waals surface area contributed by atoms with Crippen molar-refractivity contribution in [1.29, 1.82) is 0 Å². The second-order valence-corrected chi connectivity index (χ2v) is 4.62. The van der Waals surface area contributed by atoms with Crippen molar-refractivity contribution in [2.24, 2.45) is 0 Å². The van der Waals surface area contributed by atoms with Crippen molar-refractivity contribution in [1.82, 2.24) is 0 Å². The van der Waals surface area contributed by atoms with Crippen LogP contribution in [-0.2, 0) is 6.61 Å². The van der Waals surface area contributed by atoms with E-state index in [1.54, 1.807) is 13.0 Å². The number of benzene rings is 2. The molecule has 0 amide bonds. The minimum absolute atomic E-state index is 0.0842. The number of carbonyl (C=O) groups is 1. The maximum atomic E-state index is 11.2. The highest BCUT2D eigenvalue weighted by atomic mass is 35.5. The summed E-state index contributed by atoms with van der Waals surface area (Å²) in [5.41, 5.74) is 1.77. The number of ether oxygens (including phenoxy) is 1. The Kier molecular flexibility index (Phi) is 4.07. The summed E-state index contributed by atoms with van der Waals surface area (Å²) in [6.07, 6.45) is 0. The Balaban J connectivity index is 2.27. The van der Waals surface area contributed by atoms with E-state index in [-0.39, 0.29) is 5.56 Å². The fourth-order valence-corrected chi connectivity index (χ4v) is 2.08. The van der Waals surface area contributed by atoms with Crippen LogP contribution in [0.4, 0.5) is 0 Å². The van der Waals surface area contributed by atoms with E-state index in [2.05, 4.69) is 0 Å². The van der Waals surface area contributed by atoms with Crippen LogP contribution >= 0.6 is 11.6 Å². The first kappa shape index (κ1) is 13.4. The van der Waals surface area contributed by atoms with Gasteiger partial charge >= 0.3 is 5.97 Å². The first-order valence-electron chi connectivity index (χ1n) is 5.78. The van der Waals surface area contributed by atoms with E-state index >= 15 is 0 Å². The van der Waals surface area contributed by atoms with Gasteiger partial charge < -0.3 is 9.84 Å². The minimum atomic E-state index is -1.05. The van der Waals surface area contributed by atoms with Gasteiger partial charge in [-0.3, -0.25) is 0 Å². The first-order chi connectivity index (χ1) is 9.08. The van der Waals surface area contributed by atoms with Crippen molar-refractivity contribution in [3.63, 3.8) is 0 Å². The topological polar surface area (TPSA) is 46.5 Å². The van der Waals surface area contributed by atoms with E-state index in [4.69, 9.17) is 16.3 Å². The fourth-order valence-electron chi connectivity index (χ4n) is 1.81. The lowest BCUT2D eigenvalue weighted by molar-refractivity contribution is 0.0691. The fraction of sp³-hybridized carbons (Fsp3) is 0.133. The van der Waals surface area contributed by atoms with Gasteiger partial charge in [0.05, 0.1) is 0 Å². The molecule has 0 aliphatic rings. The zero-order valence-electron chi connectivity index (χ0n) is 10.4. The summed E-state index contributed by atoms with van der Waals surface area (Å²) in [5.74, 6) is -0.686. The van der Waals surface area contributed by atoms with Crippen LogP contribution in [-0.4, -0.2) is 11.1 Å². The zero-order chi connectivity index (χ0) is 13.8. The summed E-state index contributed by atoms with van der Waals surface area (Å²) in [7, 11) is 0. The molecular weight excluding hydrogens is 264 g/mol. The number of hydrogen-bond acceptors (Lipinski definition) is 2. The lowest BCUT2D eigenvalue weighted by Crippen LogP contribution is -2.05. The number of carboxylic acid groups (broad SMARTS) is 1. The molecule has 19 heavy (non-hydrogen) atoms. The molecule has 0 heterocycles. The third-order valence-electron chi connectivity index (χ3n) is 2.70. The molecule has 0 bridgehead atoms. The van der Waals surface area contributed by atoms with Crippen LogP contribution in [0.15, 0.2) is 42.5 Å². The lowest BCUT2D eigenvalue weighted by atomic mass is 10.1. The van der Waals surface area contributed by atoms with Gasteiger partial charge in [0.25, 0.3) is 0 Å². The molecule has 98 valence electrons. The van der Waals surface area contributed by atoms with Gasteiger partial charge in [-0.05, 0) is 30.2 Å². The Bertz CT molecular complexity index is 594. The molecule has 0 saturated heterocycles. The third-order valence-corrected chi connectivity index (χ3v) is 2.91. The first-order valence-corrected chi connectivity index (χ1v) is 6.16. The molecule has 0 radical (unpaired) electrons. The van der Waals surface area contributed by atoms with Gasteiger partial charge in [0, 0.05) is 5.02 Å². The van der Waals surface area contributed by atoms with E-state index < -0.39 is 5.97 Å². The van der Waals surface area contributed by atoms with Crippen molar-refractivity contribution in [3.8, 4) is 5.75 Å². The van der Waals surface area contributed by atoms with Crippen LogP contribution in [0.1, 0.15) is 21.5 Å². The molecule has 0 aliphatic carbocycles. The Morgan fingerprint density at radius 2 is 1.95 bits per heavy atom. The molecule has 2 rings (SSSR count). The van der Waals surface area contributed by atoms with Crippen LogP contribution in [0.3, 0.4) is 0 Å². The van der Waals surface area contributed by atoms with E-state index in [9.17, 15) is 9.90 Å². The largest absolute Gasteiger partial charge is 0.488 e. The highest BCUT2D eigenvalue weighted by Crippen LogP contribution is 2.28. The summed E-state index contributed by atoms with van der Waals surface area (Å²) in [5, 5.41) is 9.56. The Labute approximate surface area is 116 Å². The molecule has 2 aromatic rings. The molecule has 0 fully saturated rings. The smallest absolute Gasteiger partial charge is 0.339 e. The number of aromatic carboxylic acids is 1. The standard InChI is InChI=1S/C15H13ClO3/c1-10-7-12(16)8-13(15(17)18)14(10)19-9-11-5-3-2-4-6-11/h2-8H,9H2,1H3,(H,17,18). The summed E-state index contributed by atoms with van der Waals surface area (Å²) in [4.78, 5) is 11.2. The molecule has 0 atom stereocenters. The maximum Gasteiger partial charge on any atom is 0.339 e. The van der Waals surface area contributed by atoms with Crippen molar-refractivity contribution in [2.45, 2.75) is 13.5 Å². The molecule has 0 unspecified atom stereocenters. The van der Waals surface area contributed by atoms with Gasteiger partial charge in [0.1, 0.15) is 17.9 Å². The Morgan fingerprint density at radius 3 is 2.58 bits per heavy atom. The van der Waals surface area contributed by atoms with Gasteiger partial charge in [0.15, 0.2) is 0 Å². The van der Waals surface area contributed by atoms with Gasteiger partial charge in [-0.25, -0.2) is 4.79 Å². The van der Waals surface area contributed by atoms with Crippen LogP contribution in [0.2, 0.25) is 5.02 Å². The number of rotatable bonds is 4. The molecular formula is C15H13ClO3. The van der Waals surface area contributed by atoms with Crippen molar-refractivity contribution >= 4 is 17.6 Å². The van der Waals surface area contributed by atoms with Gasteiger partial charge in [-0.15, -0.1) is 0 Å². The molecule has 0 spiro atoms. The van der Waals surface area contributed by atoms with E-state index in [1.165, 1.54) is 6.07 Å². The molecule has 3 nitrogen and oxygen atoms in total. The lowest BCUT2D eigenvalue weighted by Gasteiger charge is -2.12. The Morgan fingerprint density at radius 1 is 1.26 bits per heavy atom. The summed E-state index contributed by atoms with van der Waals surface area (Å²) in [6, 6.07) is 12.7. The van der Waals surface area contributed by atoms with E-state index in [0.29, 0.717) is 22.9 Å². The summed E-state index contributed by atoms with van der Waals surface area (Å²) < 4.78 is 5.63. The highest BCUT2D eigenvalue weighted by Gasteiger charge is 2.15. The number of halogens is 1. The molecule has 4 heteroatoms. The quantitative estimate of drug-likeness (QED) is 0.920. The van der Waals surface area contributed by atoms with Crippen LogP contribution in [0, 0.1) is 6.92 Å². The monoisotopic (exact) mass is 276 g/mol. The summed E-state index contributed by atoms with van der Waals surface area (Å²) >= 11 is 5.86. The molecule has 1 N–H and O–H groups in total. The van der Waals surface area contributed by atoms with Crippen LogP contribution < -0.4 is 4.74 Å². The SMILES string of the molecule is Cc1cc(Cl)cc(C(=O)O)c1OCc1ccccc1. The van der Waals surface area contributed by atoms with Crippen LogP contribution in [0.5, 0.6) is 5.75 Å².